The quantitative estimate of drug-likeness (QED) is 0.787. The summed E-state index contributed by atoms with van der Waals surface area (Å²) >= 11 is 6.05. The summed E-state index contributed by atoms with van der Waals surface area (Å²) in [5.41, 5.74) is 0.00584. The Morgan fingerprint density at radius 3 is 2.75 bits per heavy atom. The van der Waals surface area contributed by atoms with Crippen molar-refractivity contribution >= 4 is 41.5 Å². The lowest BCUT2D eigenvalue weighted by atomic mass is 9.87. The Bertz CT molecular complexity index is 837. The molecule has 1 aromatic heterocycles. The van der Waals surface area contributed by atoms with Crippen molar-refractivity contribution in [3.63, 3.8) is 0 Å². The number of carbonyl (C=O) groups is 2. The second kappa shape index (κ2) is 8.51. The van der Waals surface area contributed by atoms with Gasteiger partial charge in [-0.25, -0.2) is 0 Å². The third-order valence-corrected chi connectivity index (χ3v) is 5.66. The SMILES string of the molecule is Cl.O=C1C(NC(=O)C2(n3cccn3)CCNCC2)CCN1c1cccc(Cl)c1. The summed E-state index contributed by atoms with van der Waals surface area (Å²) in [4.78, 5) is 27.8. The minimum absolute atomic E-state index is 0. The van der Waals surface area contributed by atoms with Crippen LogP contribution in [-0.2, 0) is 15.1 Å². The number of aromatic nitrogens is 2. The highest BCUT2D eigenvalue weighted by Crippen LogP contribution is 2.29. The van der Waals surface area contributed by atoms with E-state index in [0.717, 1.165) is 18.8 Å². The summed E-state index contributed by atoms with van der Waals surface area (Å²) in [5, 5.41) is 11.2. The Morgan fingerprint density at radius 1 is 1.29 bits per heavy atom. The molecule has 0 saturated carbocycles. The summed E-state index contributed by atoms with van der Waals surface area (Å²) in [6.07, 6.45) is 5.35. The first-order valence-electron chi connectivity index (χ1n) is 9.19. The van der Waals surface area contributed by atoms with Gasteiger partial charge in [0.15, 0.2) is 0 Å². The number of hydrogen-bond acceptors (Lipinski definition) is 4. The predicted molar refractivity (Wildman–Crippen MR) is 110 cm³/mol. The normalized spacial score (nSPS) is 21.2. The van der Waals surface area contributed by atoms with Crippen molar-refractivity contribution in [3.05, 3.63) is 47.7 Å². The zero-order chi connectivity index (χ0) is 18.9. The number of piperidine rings is 1. The zero-order valence-corrected chi connectivity index (χ0v) is 16.9. The number of rotatable bonds is 4. The van der Waals surface area contributed by atoms with Gasteiger partial charge in [-0.2, -0.15) is 5.10 Å². The van der Waals surface area contributed by atoms with E-state index < -0.39 is 11.6 Å². The fraction of sp³-hybridized carbons (Fsp3) is 0.421. The number of amides is 2. The summed E-state index contributed by atoms with van der Waals surface area (Å²) in [6, 6.07) is 8.50. The molecule has 0 bridgehead atoms. The van der Waals surface area contributed by atoms with Crippen LogP contribution in [0.2, 0.25) is 5.02 Å². The molecule has 0 aliphatic carbocycles. The lowest BCUT2D eigenvalue weighted by Gasteiger charge is -2.37. The first-order valence-corrected chi connectivity index (χ1v) is 9.57. The molecule has 7 nitrogen and oxygen atoms in total. The lowest BCUT2D eigenvalue weighted by Crippen LogP contribution is -2.57. The smallest absolute Gasteiger partial charge is 0.249 e. The molecule has 2 aromatic rings. The van der Waals surface area contributed by atoms with Gasteiger partial charge in [0.05, 0.1) is 0 Å². The molecule has 3 heterocycles. The molecule has 2 N–H and O–H groups in total. The molecule has 2 amide bonds. The molecule has 1 aromatic carbocycles. The molecule has 1 unspecified atom stereocenters. The number of carbonyl (C=O) groups excluding carboxylic acids is 2. The highest BCUT2D eigenvalue weighted by molar-refractivity contribution is 6.31. The Morgan fingerprint density at radius 2 is 2.07 bits per heavy atom. The van der Waals surface area contributed by atoms with E-state index in [1.807, 2.05) is 24.4 Å². The van der Waals surface area contributed by atoms with Gasteiger partial charge in [0.25, 0.3) is 0 Å². The van der Waals surface area contributed by atoms with Crippen LogP contribution in [0.4, 0.5) is 5.69 Å². The first kappa shape index (κ1) is 20.6. The minimum Gasteiger partial charge on any atom is -0.342 e. The third-order valence-electron chi connectivity index (χ3n) is 5.43. The fourth-order valence-electron chi connectivity index (χ4n) is 3.93. The molecule has 2 aliphatic rings. The molecule has 2 saturated heterocycles. The van der Waals surface area contributed by atoms with Gasteiger partial charge >= 0.3 is 0 Å². The number of nitrogens with one attached hydrogen (secondary N) is 2. The largest absolute Gasteiger partial charge is 0.342 e. The van der Waals surface area contributed by atoms with E-state index in [1.54, 1.807) is 27.9 Å². The van der Waals surface area contributed by atoms with Crippen molar-refractivity contribution in [1.82, 2.24) is 20.4 Å². The van der Waals surface area contributed by atoms with Crippen molar-refractivity contribution in [2.45, 2.75) is 30.8 Å². The molecule has 9 heteroatoms. The molecule has 2 aliphatic heterocycles. The highest BCUT2D eigenvalue weighted by Gasteiger charge is 2.44. The molecule has 0 radical (unpaired) electrons. The second-order valence-corrected chi connectivity index (χ2v) is 7.45. The molecular formula is C19H23Cl2N5O2. The van der Waals surface area contributed by atoms with Crippen LogP contribution in [0.3, 0.4) is 0 Å². The summed E-state index contributed by atoms with van der Waals surface area (Å²) < 4.78 is 1.73. The third kappa shape index (κ3) is 3.74. The number of halogens is 2. The highest BCUT2D eigenvalue weighted by atomic mass is 35.5. The second-order valence-electron chi connectivity index (χ2n) is 7.02. The molecule has 150 valence electrons. The van der Waals surface area contributed by atoms with Crippen molar-refractivity contribution in [3.8, 4) is 0 Å². The average Bonchev–Trinajstić information content (AvgIpc) is 3.33. The van der Waals surface area contributed by atoms with E-state index in [4.69, 9.17) is 11.6 Å². The van der Waals surface area contributed by atoms with Gasteiger partial charge in [-0.1, -0.05) is 17.7 Å². The van der Waals surface area contributed by atoms with Crippen molar-refractivity contribution in [2.24, 2.45) is 0 Å². The topological polar surface area (TPSA) is 79.3 Å². The van der Waals surface area contributed by atoms with Crippen molar-refractivity contribution in [2.75, 3.05) is 24.5 Å². The van der Waals surface area contributed by atoms with Crippen LogP contribution in [0.25, 0.3) is 0 Å². The van der Waals surface area contributed by atoms with Crippen LogP contribution in [-0.4, -0.2) is 47.3 Å². The van der Waals surface area contributed by atoms with Gasteiger partial charge in [0.1, 0.15) is 11.6 Å². The van der Waals surface area contributed by atoms with Crippen LogP contribution in [0, 0.1) is 0 Å². The standard InChI is InChI=1S/C19H22ClN5O2.ClH/c20-14-3-1-4-15(13-14)24-12-5-16(17(24)26)23-18(27)19(6-9-21-10-7-19)25-11-2-8-22-25;/h1-4,8,11,13,16,21H,5-7,9-10,12H2,(H,23,27);1H. The molecule has 28 heavy (non-hydrogen) atoms. The predicted octanol–water partition coefficient (Wildman–Crippen LogP) is 1.96. The Hall–Kier alpha value is -2.09. The van der Waals surface area contributed by atoms with Gasteiger partial charge in [-0.15, -0.1) is 12.4 Å². The maximum absolute atomic E-state index is 13.2. The van der Waals surface area contributed by atoms with Crippen molar-refractivity contribution in [1.29, 1.82) is 0 Å². The maximum Gasteiger partial charge on any atom is 0.249 e. The Balaban J connectivity index is 0.00000225. The van der Waals surface area contributed by atoms with Gasteiger partial charge in [-0.3, -0.25) is 14.3 Å². The minimum atomic E-state index is -0.751. The monoisotopic (exact) mass is 423 g/mol. The molecule has 4 rings (SSSR count). The first-order chi connectivity index (χ1) is 13.1. The van der Waals surface area contributed by atoms with Gasteiger partial charge < -0.3 is 15.5 Å². The summed E-state index contributed by atoms with van der Waals surface area (Å²) in [5.74, 6) is -0.242. The van der Waals surface area contributed by atoms with Crippen molar-refractivity contribution < 1.29 is 9.59 Å². The lowest BCUT2D eigenvalue weighted by molar-refractivity contribution is -0.135. The van der Waals surface area contributed by atoms with E-state index in [2.05, 4.69) is 15.7 Å². The average molecular weight is 424 g/mol. The van der Waals surface area contributed by atoms with E-state index in [-0.39, 0.29) is 24.2 Å². The van der Waals surface area contributed by atoms with Gasteiger partial charge in [0.2, 0.25) is 11.8 Å². The molecular weight excluding hydrogens is 401 g/mol. The fourth-order valence-corrected chi connectivity index (χ4v) is 4.11. The summed E-state index contributed by atoms with van der Waals surface area (Å²) in [6.45, 7) is 2.03. The van der Waals surface area contributed by atoms with E-state index in [1.165, 1.54) is 0 Å². The van der Waals surface area contributed by atoms with Crippen LogP contribution in [0.1, 0.15) is 19.3 Å². The van der Waals surface area contributed by atoms with Gasteiger partial charge in [0, 0.05) is 29.6 Å². The van der Waals surface area contributed by atoms with Crippen LogP contribution < -0.4 is 15.5 Å². The number of anilines is 1. The van der Waals surface area contributed by atoms with Crippen LogP contribution >= 0.6 is 24.0 Å². The summed E-state index contributed by atoms with van der Waals surface area (Å²) in [7, 11) is 0. The van der Waals surface area contributed by atoms with E-state index in [9.17, 15) is 9.59 Å². The number of hydrogen-bond donors (Lipinski definition) is 2. The van der Waals surface area contributed by atoms with Gasteiger partial charge in [-0.05, 0) is 56.6 Å². The molecule has 0 spiro atoms. The van der Waals surface area contributed by atoms with E-state index in [0.29, 0.717) is 30.8 Å². The molecule has 2 fully saturated rings. The van der Waals surface area contributed by atoms with Crippen LogP contribution in [0.15, 0.2) is 42.7 Å². The number of nitrogens with zero attached hydrogens (tertiary/aromatic N) is 3. The Kier molecular flexibility index (Phi) is 6.27. The number of benzene rings is 1. The zero-order valence-electron chi connectivity index (χ0n) is 15.3. The van der Waals surface area contributed by atoms with E-state index >= 15 is 0 Å². The van der Waals surface area contributed by atoms with Crippen LogP contribution in [0.5, 0.6) is 0 Å². The molecule has 1 atom stereocenters. The Labute approximate surface area is 174 Å². The maximum atomic E-state index is 13.2.